The van der Waals surface area contributed by atoms with E-state index in [9.17, 15) is 4.79 Å². The second-order valence-electron chi connectivity index (χ2n) is 4.05. The minimum absolute atomic E-state index is 0.299. The minimum atomic E-state index is -0.494. The van der Waals surface area contributed by atoms with E-state index in [-0.39, 0.29) is 5.97 Å². The summed E-state index contributed by atoms with van der Waals surface area (Å²) in [4.78, 5) is 12.6. The molecule has 0 spiro atoms. The molecular formula is C14H21NO2S2. The summed E-state index contributed by atoms with van der Waals surface area (Å²) in [6.07, 6.45) is 2.73. The number of benzene rings is 1. The average Bonchev–Trinajstić information content (AvgIpc) is 2.44. The Hall–Kier alpha value is -0.650. The zero-order chi connectivity index (χ0) is 14.1. The Labute approximate surface area is 123 Å². The molecule has 5 heteroatoms. The summed E-state index contributed by atoms with van der Waals surface area (Å²) in [7, 11) is 0. The zero-order valence-corrected chi connectivity index (χ0v) is 13.1. The molecule has 0 aliphatic rings. The van der Waals surface area contributed by atoms with Crippen LogP contribution in [0.25, 0.3) is 0 Å². The number of rotatable bonds is 8. The highest BCUT2D eigenvalue weighted by Gasteiger charge is 2.13. The van der Waals surface area contributed by atoms with Crippen molar-refractivity contribution >= 4 is 29.5 Å². The van der Waals surface area contributed by atoms with Crippen LogP contribution < -0.4 is 5.73 Å². The monoisotopic (exact) mass is 299 g/mol. The number of thioether (sulfide) groups is 2. The molecule has 0 saturated heterocycles. The van der Waals surface area contributed by atoms with Crippen molar-refractivity contribution in [1.82, 2.24) is 0 Å². The summed E-state index contributed by atoms with van der Waals surface area (Å²) >= 11 is 3.53. The number of hydrogen-bond donors (Lipinski definition) is 1. The van der Waals surface area contributed by atoms with Crippen molar-refractivity contribution in [1.29, 1.82) is 0 Å². The highest BCUT2D eigenvalue weighted by molar-refractivity contribution is 7.98. The van der Waals surface area contributed by atoms with Crippen LogP contribution in [0.2, 0.25) is 0 Å². The van der Waals surface area contributed by atoms with Crippen molar-refractivity contribution in [2.24, 2.45) is 5.73 Å². The van der Waals surface area contributed by atoms with Crippen molar-refractivity contribution in [3.63, 3.8) is 0 Å². The zero-order valence-electron chi connectivity index (χ0n) is 11.4. The maximum atomic E-state index is 11.3. The van der Waals surface area contributed by atoms with E-state index in [0.717, 1.165) is 11.5 Å². The van der Waals surface area contributed by atoms with Gasteiger partial charge < -0.3 is 10.5 Å². The fraction of sp³-hybridized carbons (Fsp3) is 0.500. The first-order chi connectivity index (χ1) is 9.17. The number of hydrogen-bond acceptors (Lipinski definition) is 5. The minimum Gasteiger partial charge on any atom is -0.465 e. The van der Waals surface area contributed by atoms with Gasteiger partial charge in [-0.25, -0.2) is 0 Å². The summed E-state index contributed by atoms with van der Waals surface area (Å²) in [6.45, 7) is 2.18. The Balaban J connectivity index is 2.21. The van der Waals surface area contributed by atoms with E-state index in [0.29, 0.717) is 13.0 Å². The molecule has 3 nitrogen and oxygen atoms in total. The molecule has 0 fully saturated rings. The summed E-state index contributed by atoms with van der Waals surface area (Å²) in [5, 5.41) is 0. The first-order valence-corrected chi connectivity index (χ1v) is 8.68. The topological polar surface area (TPSA) is 52.3 Å². The molecular weight excluding hydrogens is 278 g/mol. The van der Waals surface area contributed by atoms with E-state index in [1.165, 1.54) is 10.5 Å². The molecule has 0 saturated carbocycles. The molecule has 0 amide bonds. The van der Waals surface area contributed by atoms with Crippen molar-refractivity contribution in [3.8, 4) is 0 Å². The number of esters is 1. The Morgan fingerprint density at radius 1 is 1.37 bits per heavy atom. The van der Waals surface area contributed by atoms with E-state index in [2.05, 4.69) is 30.5 Å². The SMILES string of the molecule is CCOC(=O)C(N)CCSCc1ccc(SC)cc1. The smallest absolute Gasteiger partial charge is 0.322 e. The third-order valence-electron chi connectivity index (χ3n) is 2.59. The molecule has 1 aromatic rings. The Bertz CT molecular complexity index is 382. The molecule has 2 N–H and O–H groups in total. The Kier molecular flexibility index (Phi) is 8.02. The van der Waals surface area contributed by atoms with Gasteiger partial charge in [-0.3, -0.25) is 4.79 Å². The molecule has 0 aliphatic carbocycles. The van der Waals surface area contributed by atoms with Gasteiger partial charge in [-0.15, -0.1) is 11.8 Å². The van der Waals surface area contributed by atoms with Gasteiger partial charge in [0.05, 0.1) is 6.61 Å². The molecule has 1 aromatic carbocycles. The average molecular weight is 299 g/mol. The third kappa shape index (κ3) is 6.36. The second kappa shape index (κ2) is 9.28. The highest BCUT2D eigenvalue weighted by Crippen LogP contribution is 2.18. The number of carbonyl (C=O) groups is 1. The molecule has 1 rings (SSSR count). The van der Waals surface area contributed by atoms with Gasteiger partial charge >= 0.3 is 5.97 Å². The van der Waals surface area contributed by atoms with Gasteiger partial charge in [0.1, 0.15) is 6.04 Å². The quantitative estimate of drug-likeness (QED) is 0.454. The highest BCUT2D eigenvalue weighted by atomic mass is 32.2. The molecule has 0 bridgehead atoms. The van der Waals surface area contributed by atoms with Gasteiger partial charge in [-0.2, -0.15) is 11.8 Å². The summed E-state index contributed by atoms with van der Waals surface area (Å²) in [6, 6.07) is 8.05. The van der Waals surface area contributed by atoms with Gasteiger partial charge in [0.15, 0.2) is 0 Å². The van der Waals surface area contributed by atoms with Gasteiger partial charge in [0.2, 0.25) is 0 Å². The maximum absolute atomic E-state index is 11.3. The van der Waals surface area contributed by atoms with Crippen molar-refractivity contribution in [3.05, 3.63) is 29.8 Å². The molecule has 19 heavy (non-hydrogen) atoms. The van der Waals surface area contributed by atoms with Crippen molar-refractivity contribution < 1.29 is 9.53 Å². The molecule has 0 heterocycles. The van der Waals surface area contributed by atoms with Gasteiger partial charge in [-0.05, 0) is 43.0 Å². The van der Waals surface area contributed by atoms with Crippen LogP contribution in [-0.4, -0.2) is 30.6 Å². The number of carbonyl (C=O) groups excluding carboxylic acids is 1. The standard InChI is InChI=1S/C14H21NO2S2/c1-3-17-14(16)13(15)8-9-19-10-11-4-6-12(18-2)7-5-11/h4-7,13H,3,8-10,15H2,1-2H3. The van der Waals surface area contributed by atoms with E-state index < -0.39 is 6.04 Å². The Morgan fingerprint density at radius 2 is 2.05 bits per heavy atom. The molecule has 1 atom stereocenters. The molecule has 1 unspecified atom stereocenters. The predicted molar refractivity (Wildman–Crippen MR) is 83.6 cm³/mol. The molecule has 0 aromatic heterocycles. The third-order valence-corrected chi connectivity index (χ3v) is 4.40. The first-order valence-electron chi connectivity index (χ1n) is 6.30. The molecule has 0 radical (unpaired) electrons. The summed E-state index contributed by atoms with van der Waals surface area (Å²) in [5.74, 6) is 1.52. The fourth-order valence-corrected chi connectivity index (χ4v) is 2.89. The lowest BCUT2D eigenvalue weighted by molar-refractivity contribution is -0.144. The molecule has 0 aliphatic heterocycles. The van der Waals surface area contributed by atoms with Crippen LogP contribution in [0.5, 0.6) is 0 Å². The van der Waals surface area contributed by atoms with Crippen LogP contribution in [0.1, 0.15) is 18.9 Å². The van der Waals surface area contributed by atoms with Crippen molar-refractivity contribution in [2.75, 3.05) is 18.6 Å². The lowest BCUT2D eigenvalue weighted by atomic mass is 10.2. The van der Waals surface area contributed by atoms with Gasteiger partial charge in [0, 0.05) is 10.6 Å². The lowest BCUT2D eigenvalue weighted by Gasteiger charge is -2.10. The van der Waals surface area contributed by atoms with Crippen LogP contribution in [0.15, 0.2) is 29.2 Å². The number of ether oxygens (including phenoxy) is 1. The predicted octanol–water partition coefficient (Wildman–Crippen LogP) is 2.92. The van der Waals surface area contributed by atoms with Crippen LogP contribution >= 0.6 is 23.5 Å². The van der Waals surface area contributed by atoms with Crippen LogP contribution in [0.4, 0.5) is 0 Å². The first kappa shape index (κ1) is 16.4. The van der Waals surface area contributed by atoms with Crippen LogP contribution in [0, 0.1) is 0 Å². The normalized spacial score (nSPS) is 12.2. The van der Waals surface area contributed by atoms with Crippen molar-refractivity contribution in [2.45, 2.75) is 30.0 Å². The maximum Gasteiger partial charge on any atom is 0.322 e. The number of nitrogens with two attached hydrogens (primary N) is 1. The fourth-order valence-electron chi connectivity index (χ4n) is 1.49. The van der Waals surface area contributed by atoms with E-state index in [1.54, 1.807) is 30.4 Å². The Morgan fingerprint density at radius 3 is 2.63 bits per heavy atom. The second-order valence-corrected chi connectivity index (χ2v) is 6.03. The van der Waals surface area contributed by atoms with Crippen LogP contribution in [0.3, 0.4) is 0 Å². The van der Waals surface area contributed by atoms with E-state index >= 15 is 0 Å². The van der Waals surface area contributed by atoms with Gasteiger partial charge in [-0.1, -0.05) is 12.1 Å². The van der Waals surface area contributed by atoms with E-state index in [1.807, 2.05) is 0 Å². The summed E-state index contributed by atoms with van der Waals surface area (Å²) < 4.78 is 4.87. The lowest BCUT2D eigenvalue weighted by Crippen LogP contribution is -2.32. The summed E-state index contributed by atoms with van der Waals surface area (Å²) in [5.41, 5.74) is 7.03. The van der Waals surface area contributed by atoms with Crippen LogP contribution in [-0.2, 0) is 15.3 Å². The largest absolute Gasteiger partial charge is 0.465 e. The molecule has 106 valence electrons. The van der Waals surface area contributed by atoms with E-state index in [4.69, 9.17) is 10.5 Å². The van der Waals surface area contributed by atoms with Gasteiger partial charge in [0.25, 0.3) is 0 Å².